The summed E-state index contributed by atoms with van der Waals surface area (Å²) in [6.45, 7) is 0. The van der Waals surface area contributed by atoms with Crippen LogP contribution in [0.2, 0.25) is 5.02 Å². The molecular weight excluding hydrogens is 250 g/mol. The number of aromatic nitrogens is 3. The van der Waals surface area contributed by atoms with Gasteiger partial charge in [-0.15, -0.1) is 0 Å². The van der Waals surface area contributed by atoms with Crippen LogP contribution in [0, 0.1) is 0 Å². The number of halogens is 1. The Balaban J connectivity index is 2.06. The van der Waals surface area contributed by atoms with Crippen LogP contribution in [0.5, 0.6) is 11.8 Å². The number of aryl methyl sites for hydroxylation is 1. The average Bonchev–Trinajstić information content (AvgIpc) is 2.70. The Morgan fingerprint density at radius 3 is 2.83 bits per heavy atom. The third-order valence-corrected chi connectivity index (χ3v) is 2.99. The van der Waals surface area contributed by atoms with Gasteiger partial charge < -0.3 is 4.74 Å². The molecule has 0 unspecified atom stereocenters. The van der Waals surface area contributed by atoms with E-state index in [-0.39, 0.29) is 0 Å². The molecule has 0 saturated heterocycles. The molecule has 0 saturated carbocycles. The number of benzene rings is 1. The molecule has 0 N–H and O–H groups in total. The SMILES string of the molecule is Cn1c(Oc2ccccc2Cl)nc2ccncc21. The van der Waals surface area contributed by atoms with Crippen molar-refractivity contribution in [3.8, 4) is 11.8 Å². The summed E-state index contributed by atoms with van der Waals surface area (Å²) in [6.07, 6.45) is 3.45. The van der Waals surface area contributed by atoms with Crippen molar-refractivity contribution in [1.29, 1.82) is 0 Å². The molecule has 3 rings (SSSR count). The zero-order valence-corrected chi connectivity index (χ0v) is 10.4. The van der Waals surface area contributed by atoms with Gasteiger partial charge in [0.15, 0.2) is 0 Å². The summed E-state index contributed by atoms with van der Waals surface area (Å²) >= 11 is 6.05. The maximum Gasteiger partial charge on any atom is 0.302 e. The molecule has 2 heterocycles. The Labute approximate surface area is 109 Å². The van der Waals surface area contributed by atoms with Crippen molar-refractivity contribution in [2.24, 2.45) is 7.05 Å². The van der Waals surface area contributed by atoms with Gasteiger partial charge in [-0.05, 0) is 18.2 Å². The highest BCUT2D eigenvalue weighted by Crippen LogP contribution is 2.29. The molecule has 0 aliphatic carbocycles. The Hall–Kier alpha value is -2.07. The normalized spacial score (nSPS) is 10.8. The summed E-state index contributed by atoms with van der Waals surface area (Å²) in [5.41, 5.74) is 1.76. The number of imidazole rings is 1. The van der Waals surface area contributed by atoms with Gasteiger partial charge >= 0.3 is 6.01 Å². The monoisotopic (exact) mass is 259 g/mol. The van der Waals surface area contributed by atoms with E-state index >= 15 is 0 Å². The standard InChI is InChI=1S/C13H10ClN3O/c1-17-11-8-15-7-6-10(11)16-13(17)18-12-5-3-2-4-9(12)14/h2-8H,1H3. The van der Waals surface area contributed by atoms with E-state index in [0.717, 1.165) is 11.0 Å². The molecule has 2 aromatic heterocycles. The van der Waals surface area contributed by atoms with Crippen molar-refractivity contribution in [2.75, 3.05) is 0 Å². The molecule has 0 radical (unpaired) electrons. The van der Waals surface area contributed by atoms with Gasteiger partial charge in [0.1, 0.15) is 5.75 Å². The molecule has 0 spiro atoms. The van der Waals surface area contributed by atoms with Gasteiger partial charge in [0.2, 0.25) is 0 Å². The molecule has 18 heavy (non-hydrogen) atoms. The highest BCUT2D eigenvalue weighted by Gasteiger charge is 2.10. The van der Waals surface area contributed by atoms with Crippen LogP contribution >= 0.6 is 11.6 Å². The zero-order valence-electron chi connectivity index (χ0n) is 9.67. The lowest BCUT2D eigenvalue weighted by Crippen LogP contribution is -1.94. The Morgan fingerprint density at radius 1 is 1.22 bits per heavy atom. The lowest BCUT2D eigenvalue weighted by atomic mass is 10.3. The Bertz CT molecular complexity index is 708. The summed E-state index contributed by atoms with van der Waals surface area (Å²) in [6, 6.07) is 9.64. The fraction of sp³-hybridized carbons (Fsp3) is 0.0769. The Morgan fingerprint density at radius 2 is 2.06 bits per heavy atom. The molecule has 1 aromatic carbocycles. The largest absolute Gasteiger partial charge is 0.424 e. The molecule has 0 aliphatic heterocycles. The predicted molar refractivity (Wildman–Crippen MR) is 70.0 cm³/mol. The van der Waals surface area contributed by atoms with Gasteiger partial charge in [-0.3, -0.25) is 9.55 Å². The fourth-order valence-electron chi connectivity index (χ4n) is 1.73. The number of ether oxygens (including phenoxy) is 1. The highest BCUT2D eigenvalue weighted by molar-refractivity contribution is 6.32. The van der Waals surface area contributed by atoms with Gasteiger partial charge in [0.25, 0.3) is 0 Å². The number of hydrogen-bond acceptors (Lipinski definition) is 3. The van der Waals surface area contributed by atoms with Crippen molar-refractivity contribution in [2.45, 2.75) is 0 Å². The van der Waals surface area contributed by atoms with Crippen molar-refractivity contribution in [3.05, 3.63) is 47.7 Å². The van der Waals surface area contributed by atoms with Crippen LogP contribution in [0.15, 0.2) is 42.7 Å². The van der Waals surface area contributed by atoms with Gasteiger partial charge in [0.05, 0.1) is 22.3 Å². The van der Waals surface area contributed by atoms with Crippen molar-refractivity contribution in [3.63, 3.8) is 0 Å². The van der Waals surface area contributed by atoms with Gasteiger partial charge in [-0.1, -0.05) is 23.7 Å². The fourth-order valence-corrected chi connectivity index (χ4v) is 1.90. The van der Waals surface area contributed by atoms with E-state index < -0.39 is 0 Å². The van der Waals surface area contributed by atoms with E-state index in [9.17, 15) is 0 Å². The number of pyridine rings is 1. The van der Waals surface area contributed by atoms with Crippen LogP contribution in [-0.2, 0) is 7.05 Å². The third kappa shape index (κ3) is 1.80. The summed E-state index contributed by atoms with van der Waals surface area (Å²) in [5.74, 6) is 0.588. The van der Waals surface area contributed by atoms with Crippen LogP contribution in [0.3, 0.4) is 0 Å². The third-order valence-electron chi connectivity index (χ3n) is 2.68. The minimum absolute atomic E-state index is 0.492. The second-order valence-corrected chi connectivity index (χ2v) is 4.26. The first-order chi connectivity index (χ1) is 8.75. The van der Waals surface area contributed by atoms with Gasteiger partial charge in [-0.25, -0.2) is 0 Å². The summed E-state index contributed by atoms with van der Waals surface area (Å²) in [5, 5.41) is 0.558. The second kappa shape index (κ2) is 4.31. The highest BCUT2D eigenvalue weighted by atomic mass is 35.5. The summed E-state index contributed by atoms with van der Waals surface area (Å²) in [7, 11) is 1.88. The van der Waals surface area contributed by atoms with Crippen LogP contribution in [-0.4, -0.2) is 14.5 Å². The van der Waals surface area contributed by atoms with E-state index in [4.69, 9.17) is 16.3 Å². The molecule has 0 fully saturated rings. The minimum atomic E-state index is 0.492. The molecule has 0 aliphatic rings. The van der Waals surface area contributed by atoms with Crippen molar-refractivity contribution < 1.29 is 4.74 Å². The van der Waals surface area contributed by atoms with Gasteiger partial charge in [0, 0.05) is 13.2 Å². The smallest absolute Gasteiger partial charge is 0.302 e. The maximum absolute atomic E-state index is 6.05. The minimum Gasteiger partial charge on any atom is -0.424 e. The van der Waals surface area contributed by atoms with Crippen LogP contribution < -0.4 is 4.74 Å². The molecule has 0 atom stereocenters. The van der Waals surface area contributed by atoms with E-state index in [0.29, 0.717) is 16.8 Å². The number of para-hydroxylation sites is 1. The summed E-state index contributed by atoms with van der Waals surface area (Å²) < 4.78 is 7.56. The first-order valence-electron chi connectivity index (χ1n) is 5.44. The maximum atomic E-state index is 6.05. The topological polar surface area (TPSA) is 39.9 Å². The average molecular weight is 260 g/mol. The molecule has 90 valence electrons. The van der Waals surface area contributed by atoms with Gasteiger partial charge in [-0.2, -0.15) is 4.98 Å². The predicted octanol–water partition coefficient (Wildman–Crippen LogP) is 3.41. The van der Waals surface area contributed by atoms with Crippen LogP contribution in [0.1, 0.15) is 0 Å². The van der Waals surface area contributed by atoms with E-state index in [2.05, 4.69) is 9.97 Å². The molecular formula is C13H10ClN3O. The lowest BCUT2D eigenvalue weighted by Gasteiger charge is -2.06. The van der Waals surface area contributed by atoms with E-state index in [1.807, 2.05) is 29.8 Å². The lowest BCUT2D eigenvalue weighted by molar-refractivity contribution is 0.428. The summed E-state index contributed by atoms with van der Waals surface area (Å²) in [4.78, 5) is 8.46. The molecule has 0 amide bonds. The van der Waals surface area contributed by atoms with Crippen molar-refractivity contribution >= 4 is 22.6 Å². The van der Waals surface area contributed by atoms with E-state index in [1.165, 1.54) is 0 Å². The molecule has 4 nitrogen and oxygen atoms in total. The zero-order chi connectivity index (χ0) is 12.5. The molecule has 3 aromatic rings. The van der Waals surface area contributed by atoms with Crippen LogP contribution in [0.4, 0.5) is 0 Å². The second-order valence-electron chi connectivity index (χ2n) is 3.85. The number of nitrogens with zero attached hydrogens (tertiary/aromatic N) is 3. The van der Waals surface area contributed by atoms with E-state index in [1.54, 1.807) is 24.5 Å². The Kier molecular flexibility index (Phi) is 2.64. The molecule has 0 bridgehead atoms. The number of fused-ring (bicyclic) bond motifs is 1. The van der Waals surface area contributed by atoms with Crippen molar-refractivity contribution in [1.82, 2.24) is 14.5 Å². The number of rotatable bonds is 2. The first kappa shape index (κ1) is 11.0. The first-order valence-corrected chi connectivity index (χ1v) is 5.82. The van der Waals surface area contributed by atoms with Crippen LogP contribution in [0.25, 0.3) is 11.0 Å². The molecule has 5 heteroatoms. The quantitative estimate of drug-likeness (QED) is 0.708. The number of hydrogen-bond donors (Lipinski definition) is 0.